The average Bonchev–Trinajstić information content (AvgIpc) is 2.75. The Kier molecular flexibility index (Phi) is 5.82. The van der Waals surface area contributed by atoms with Gasteiger partial charge in [0.2, 0.25) is 11.8 Å². The molecule has 2 heterocycles. The molecule has 2 aromatic rings. The minimum absolute atomic E-state index is 0.0557. The molecule has 2 aliphatic rings. The van der Waals surface area contributed by atoms with Crippen molar-refractivity contribution in [2.45, 2.75) is 26.3 Å². The van der Waals surface area contributed by atoms with Gasteiger partial charge in [-0.3, -0.25) is 9.59 Å². The topological polar surface area (TPSA) is 43.9 Å². The summed E-state index contributed by atoms with van der Waals surface area (Å²) in [4.78, 5) is 31.2. The Labute approximate surface area is 182 Å². The number of amides is 2. The molecule has 0 aromatic heterocycles. The minimum Gasteiger partial charge on any atom is -0.368 e. The van der Waals surface area contributed by atoms with Gasteiger partial charge in [-0.25, -0.2) is 0 Å². The van der Waals surface area contributed by atoms with Crippen molar-refractivity contribution in [1.29, 1.82) is 0 Å². The third kappa shape index (κ3) is 4.08. The number of piperazine rings is 1. The largest absolute Gasteiger partial charge is 0.368 e. The second-order valence-corrected chi connectivity index (χ2v) is 8.33. The molecule has 6 heteroatoms. The van der Waals surface area contributed by atoms with Crippen LogP contribution in [0.4, 0.5) is 5.69 Å². The summed E-state index contributed by atoms with van der Waals surface area (Å²) in [5.74, 6) is 0.0265. The summed E-state index contributed by atoms with van der Waals surface area (Å²) in [6.45, 7) is 6.48. The van der Waals surface area contributed by atoms with Gasteiger partial charge in [0.25, 0.3) is 0 Å². The Morgan fingerprint density at radius 2 is 1.80 bits per heavy atom. The van der Waals surface area contributed by atoms with E-state index in [4.69, 9.17) is 11.6 Å². The number of fused-ring (bicyclic) bond motifs is 1. The molecule has 1 atom stereocenters. The second-order valence-electron chi connectivity index (χ2n) is 7.89. The SMILES string of the molecule is CC(=O)N1C=Cc2ccccc2[C@@H]1CC(=O)N1CCN(c2cc(Cl)ccc2C)CC1. The van der Waals surface area contributed by atoms with E-state index in [9.17, 15) is 9.59 Å². The zero-order valence-electron chi connectivity index (χ0n) is 17.3. The summed E-state index contributed by atoms with van der Waals surface area (Å²) in [5.41, 5.74) is 4.40. The van der Waals surface area contributed by atoms with Gasteiger partial charge in [-0.05, 0) is 41.8 Å². The quantitative estimate of drug-likeness (QED) is 0.740. The normalized spacial score (nSPS) is 18.4. The number of benzene rings is 2. The Morgan fingerprint density at radius 1 is 1.07 bits per heavy atom. The highest BCUT2D eigenvalue weighted by Gasteiger charge is 2.31. The maximum atomic E-state index is 13.1. The minimum atomic E-state index is -0.260. The molecule has 0 aliphatic carbocycles. The molecule has 4 rings (SSSR count). The van der Waals surface area contributed by atoms with E-state index in [0.29, 0.717) is 13.1 Å². The number of rotatable bonds is 3. The van der Waals surface area contributed by atoms with Gasteiger partial charge in [0.15, 0.2) is 0 Å². The molecule has 0 N–H and O–H groups in total. The Balaban J connectivity index is 1.45. The van der Waals surface area contributed by atoms with E-state index < -0.39 is 0 Å². The summed E-state index contributed by atoms with van der Waals surface area (Å²) < 4.78 is 0. The lowest BCUT2D eigenvalue weighted by Crippen LogP contribution is -2.49. The van der Waals surface area contributed by atoms with Crippen molar-refractivity contribution in [3.05, 3.63) is 70.4 Å². The van der Waals surface area contributed by atoms with Crippen molar-refractivity contribution in [1.82, 2.24) is 9.80 Å². The van der Waals surface area contributed by atoms with Crippen LogP contribution in [0.15, 0.2) is 48.7 Å². The maximum Gasteiger partial charge on any atom is 0.225 e. The summed E-state index contributed by atoms with van der Waals surface area (Å²) in [5, 5.41) is 0.724. The first-order valence-corrected chi connectivity index (χ1v) is 10.7. The van der Waals surface area contributed by atoms with Crippen LogP contribution >= 0.6 is 11.6 Å². The number of aryl methyl sites for hydroxylation is 1. The lowest BCUT2D eigenvalue weighted by molar-refractivity contribution is -0.134. The van der Waals surface area contributed by atoms with Crippen LogP contribution in [-0.2, 0) is 9.59 Å². The van der Waals surface area contributed by atoms with E-state index >= 15 is 0 Å². The first-order valence-electron chi connectivity index (χ1n) is 10.3. The predicted molar refractivity (Wildman–Crippen MR) is 120 cm³/mol. The van der Waals surface area contributed by atoms with Crippen LogP contribution < -0.4 is 4.90 Å². The fourth-order valence-corrected chi connectivity index (χ4v) is 4.49. The van der Waals surface area contributed by atoms with E-state index in [1.54, 1.807) is 18.0 Å². The van der Waals surface area contributed by atoms with Crippen molar-refractivity contribution in [3.8, 4) is 0 Å². The van der Waals surface area contributed by atoms with Gasteiger partial charge in [-0.2, -0.15) is 0 Å². The van der Waals surface area contributed by atoms with Gasteiger partial charge in [0.1, 0.15) is 0 Å². The molecule has 156 valence electrons. The highest BCUT2D eigenvalue weighted by molar-refractivity contribution is 6.30. The third-order valence-corrected chi connectivity index (χ3v) is 6.22. The van der Waals surface area contributed by atoms with Gasteiger partial charge in [-0.15, -0.1) is 0 Å². The van der Waals surface area contributed by atoms with Crippen LogP contribution in [0.3, 0.4) is 0 Å². The van der Waals surface area contributed by atoms with Crippen LogP contribution in [0, 0.1) is 6.92 Å². The Hall–Kier alpha value is -2.79. The number of hydrogen-bond donors (Lipinski definition) is 0. The lowest BCUT2D eigenvalue weighted by Gasteiger charge is -2.38. The van der Waals surface area contributed by atoms with Crippen molar-refractivity contribution < 1.29 is 9.59 Å². The number of carbonyl (C=O) groups is 2. The zero-order chi connectivity index (χ0) is 21.3. The fraction of sp³-hybridized carbons (Fsp3) is 0.333. The van der Waals surface area contributed by atoms with Gasteiger partial charge < -0.3 is 14.7 Å². The molecule has 5 nitrogen and oxygen atoms in total. The van der Waals surface area contributed by atoms with Crippen LogP contribution in [0.5, 0.6) is 0 Å². The fourth-order valence-electron chi connectivity index (χ4n) is 4.33. The molecule has 0 saturated carbocycles. The van der Waals surface area contributed by atoms with Crippen molar-refractivity contribution >= 4 is 35.2 Å². The first-order chi connectivity index (χ1) is 14.4. The van der Waals surface area contributed by atoms with Crippen molar-refractivity contribution in [3.63, 3.8) is 0 Å². The molecule has 2 aromatic carbocycles. The molecule has 30 heavy (non-hydrogen) atoms. The molecular weight excluding hydrogens is 398 g/mol. The van der Waals surface area contributed by atoms with E-state index in [2.05, 4.69) is 11.8 Å². The summed E-state index contributed by atoms with van der Waals surface area (Å²) in [7, 11) is 0. The standard InChI is InChI=1S/C24H26ClN3O2/c1-17-7-8-20(25)15-22(17)26-11-13-27(14-12-26)24(30)16-23-21-6-4-3-5-19(21)9-10-28(23)18(2)29/h3-10,15,23H,11-14,16H2,1-2H3/t23-/m0/s1. The highest BCUT2D eigenvalue weighted by atomic mass is 35.5. The van der Waals surface area contributed by atoms with Gasteiger partial charge in [0.05, 0.1) is 12.5 Å². The van der Waals surface area contributed by atoms with E-state index in [-0.39, 0.29) is 24.3 Å². The van der Waals surface area contributed by atoms with Gasteiger partial charge in [0, 0.05) is 50.0 Å². The van der Waals surface area contributed by atoms with Crippen LogP contribution in [0.2, 0.25) is 5.02 Å². The highest BCUT2D eigenvalue weighted by Crippen LogP contribution is 2.33. The van der Waals surface area contributed by atoms with Gasteiger partial charge in [-0.1, -0.05) is 41.9 Å². The van der Waals surface area contributed by atoms with Crippen LogP contribution in [0.1, 0.15) is 36.1 Å². The molecule has 1 saturated heterocycles. The summed E-state index contributed by atoms with van der Waals surface area (Å²) in [6, 6.07) is 13.6. The third-order valence-electron chi connectivity index (χ3n) is 5.98. The summed E-state index contributed by atoms with van der Waals surface area (Å²) in [6.07, 6.45) is 4.02. The smallest absolute Gasteiger partial charge is 0.225 e. The monoisotopic (exact) mass is 423 g/mol. The number of hydrogen-bond acceptors (Lipinski definition) is 3. The van der Waals surface area contributed by atoms with E-state index in [0.717, 1.165) is 34.9 Å². The predicted octanol–water partition coefficient (Wildman–Crippen LogP) is 4.26. The molecular formula is C24H26ClN3O2. The Morgan fingerprint density at radius 3 is 2.53 bits per heavy atom. The van der Waals surface area contributed by atoms with Crippen LogP contribution in [0.25, 0.3) is 6.08 Å². The van der Waals surface area contributed by atoms with E-state index in [1.807, 2.05) is 53.4 Å². The molecule has 2 aliphatic heterocycles. The number of nitrogens with zero attached hydrogens (tertiary/aromatic N) is 3. The Bertz CT molecular complexity index is 996. The van der Waals surface area contributed by atoms with Crippen molar-refractivity contribution in [2.75, 3.05) is 31.1 Å². The molecule has 0 radical (unpaired) electrons. The molecule has 1 fully saturated rings. The number of anilines is 1. The number of carbonyl (C=O) groups excluding carboxylic acids is 2. The van der Waals surface area contributed by atoms with E-state index in [1.165, 1.54) is 5.56 Å². The van der Waals surface area contributed by atoms with Crippen LogP contribution in [-0.4, -0.2) is 47.8 Å². The van der Waals surface area contributed by atoms with Gasteiger partial charge >= 0.3 is 0 Å². The molecule has 0 bridgehead atoms. The average molecular weight is 424 g/mol. The summed E-state index contributed by atoms with van der Waals surface area (Å²) >= 11 is 6.18. The molecule has 2 amide bonds. The lowest BCUT2D eigenvalue weighted by atomic mass is 9.93. The first kappa shape index (κ1) is 20.5. The second kappa shape index (κ2) is 8.52. The molecule has 0 unspecified atom stereocenters. The molecule has 0 spiro atoms. The van der Waals surface area contributed by atoms with Crippen molar-refractivity contribution in [2.24, 2.45) is 0 Å². The maximum absolute atomic E-state index is 13.1. The zero-order valence-corrected chi connectivity index (χ0v) is 18.1. The number of halogens is 1.